The average molecular weight is 427 g/mol. The van der Waals surface area contributed by atoms with Crippen LogP contribution in [-0.2, 0) is 22.6 Å². The van der Waals surface area contributed by atoms with Crippen molar-refractivity contribution < 1.29 is 9.59 Å². The molecule has 4 nitrogen and oxygen atoms in total. The Balaban J connectivity index is 1.82. The van der Waals surface area contributed by atoms with Crippen LogP contribution in [0, 0.1) is 6.92 Å². The van der Waals surface area contributed by atoms with Crippen LogP contribution < -0.4 is 5.32 Å². The fourth-order valence-corrected chi connectivity index (χ4v) is 4.29. The molecule has 2 aromatic rings. The lowest BCUT2D eigenvalue weighted by Crippen LogP contribution is -2.51. The Labute approximate surface area is 184 Å². The minimum Gasteiger partial charge on any atom is -0.352 e. The lowest BCUT2D eigenvalue weighted by molar-refractivity contribution is -0.141. The number of halogens is 1. The van der Waals surface area contributed by atoms with Crippen LogP contribution in [0.25, 0.3) is 0 Å². The van der Waals surface area contributed by atoms with E-state index in [1.54, 1.807) is 11.0 Å². The first-order chi connectivity index (χ1) is 14.5. The number of benzene rings is 2. The summed E-state index contributed by atoms with van der Waals surface area (Å²) in [5.74, 6) is -0.138. The van der Waals surface area contributed by atoms with E-state index in [0.717, 1.165) is 36.8 Å². The molecule has 1 fully saturated rings. The van der Waals surface area contributed by atoms with E-state index in [0.29, 0.717) is 18.0 Å². The van der Waals surface area contributed by atoms with Crippen molar-refractivity contribution in [2.75, 3.05) is 0 Å². The quantitative estimate of drug-likeness (QED) is 0.641. The van der Waals surface area contributed by atoms with Gasteiger partial charge in [0.1, 0.15) is 6.04 Å². The Morgan fingerprint density at radius 3 is 2.40 bits per heavy atom. The highest BCUT2D eigenvalue weighted by Gasteiger charge is 2.30. The molecule has 1 unspecified atom stereocenters. The predicted molar refractivity (Wildman–Crippen MR) is 121 cm³/mol. The lowest BCUT2D eigenvalue weighted by Gasteiger charge is -2.31. The van der Waals surface area contributed by atoms with Gasteiger partial charge < -0.3 is 10.2 Å². The van der Waals surface area contributed by atoms with Crippen LogP contribution in [0.15, 0.2) is 48.5 Å². The number of nitrogens with zero attached hydrogens (tertiary/aromatic N) is 1. The third kappa shape index (κ3) is 5.85. The second-order valence-corrected chi connectivity index (χ2v) is 8.60. The van der Waals surface area contributed by atoms with Crippen LogP contribution in [0.3, 0.4) is 0 Å². The van der Waals surface area contributed by atoms with Crippen LogP contribution in [0.1, 0.15) is 55.7 Å². The highest BCUT2D eigenvalue weighted by atomic mass is 35.5. The van der Waals surface area contributed by atoms with Crippen LogP contribution in [0.5, 0.6) is 0 Å². The van der Waals surface area contributed by atoms with Crippen LogP contribution >= 0.6 is 11.6 Å². The van der Waals surface area contributed by atoms with Gasteiger partial charge >= 0.3 is 0 Å². The first-order valence-corrected chi connectivity index (χ1v) is 11.2. The first kappa shape index (κ1) is 22.4. The SMILES string of the molecule is CCC(C(=O)NC1CCCC1)N(Cc1ccc(C)cc1)C(=O)Cc1ccccc1Cl. The second kappa shape index (κ2) is 10.6. The zero-order chi connectivity index (χ0) is 21.5. The van der Waals surface area contributed by atoms with Crippen molar-refractivity contribution in [1.82, 2.24) is 10.2 Å². The molecule has 0 aromatic heterocycles. The molecule has 0 bridgehead atoms. The first-order valence-electron chi connectivity index (χ1n) is 10.9. The van der Waals surface area contributed by atoms with Crippen molar-refractivity contribution in [2.45, 2.75) is 71.0 Å². The smallest absolute Gasteiger partial charge is 0.243 e. The summed E-state index contributed by atoms with van der Waals surface area (Å²) in [7, 11) is 0. The number of aryl methyl sites for hydroxylation is 1. The van der Waals surface area contributed by atoms with Crippen molar-refractivity contribution in [3.8, 4) is 0 Å². The van der Waals surface area contributed by atoms with Crippen molar-refractivity contribution in [3.05, 3.63) is 70.2 Å². The Kier molecular flexibility index (Phi) is 7.92. The molecule has 0 saturated heterocycles. The fourth-order valence-electron chi connectivity index (χ4n) is 4.08. The molecule has 1 saturated carbocycles. The maximum absolute atomic E-state index is 13.4. The summed E-state index contributed by atoms with van der Waals surface area (Å²) in [5.41, 5.74) is 2.96. The molecule has 30 heavy (non-hydrogen) atoms. The van der Waals surface area contributed by atoms with E-state index in [1.165, 1.54) is 5.56 Å². The normalized spacial score (nSPS) is 15.0. The molecule has 0 radical (unpaired) electrons. The highest BCUT2D eigenvalue weighted by molar-refractivity contribution is 6.31. The topological polar surface area (TPSA) is 49.4 Å². The molecule has 160 valence electrons. The van der Waals surface area contributed by atoms with Crippen LogP contribution in [0.4, 0.5) is 0 Å². The number of hydrogen-bond donors (Lipinski definition) is 1. The minimum absolute atomic E-state index is 0.0518. The number of carbonyl (C=O) groups is 2. The number of rotatable bonds is 8. The van der Waals surface area contributed by atoms with Gasteiger partial charge in [0.05, 0.1) is 6.42 Å². The molecule has 0 spiro atoms. The summed E-state index contributed by atoms with van der Waals surface area (Å²) in [4.78, 5) is 28.2. The molecule has 5 heteroatoms. The molecule has 3 rings (SSSR count). The summed E-state index contributed by atoms with van der Waals surface area (Å²) >= 11 is 6.29. The molecule has 0 heterocycles. The van der Waals surface area contributed by atoms with Crippen molar-refractivity contribution in [3.63, 3.8) is 0 Å². The van der Waals surface area contributed by atoms with Gasteiger partial charge in [0.2, 0.25) is 11.8 Å². The van der Waals surface area contributed by atoms with Crippen LogP contribution in [0.2, 0.25) is 5.02 Å². The van der Waals surface area contributed by atoms with Crippen molar-refractivity contribution >= 4 is 23.4 Å². The van der Waals surface area contributed by atoms with E-state index in [1.807, 2.05) is 56.3 Å². The summed E-state index contributed by atoms with van der Waals surface area (Å²) < 4.78 is 0. The summed E-state index contributed by atoms with van der Waals surface area (Å²) in [6.07, 6.45) is 5.10. The van der Waals surface area contributed by atoms with Crippen molar-refractivity contribution in [1.29, 1.82) is 0 Å². The monoisotopic (exact) mass is 426 g/mol. The minimum atomic E-state index is -0.498. The van der Waals surface area contributed by atoms with Gasteiger partial charge in [-0.2, -0.15) is 0 Å². The van der Waals surface area contributed by atoms with Gasteiger partial charge in [0.15, 0.2) is 0 Å². The number of nitrogens with one attached hydrogen (secondary N) is 1. The maximum Gasteiger partial charge on any atom is 0.243 e. The largest absolute Gasteiger partial charge is 0.352 e. The van der Waals surface area contributed by atoms with Gasteiger partial charge in [0.25, 0.3) is 0 Å². The molecule has 1 N–H and O–H groups in total. The highest BCUT2D eigenvalue weighted by Crippen LogP contribution is 2.21. The van der Waals surface area contributed by atoms with Gasteiger partial charge in [0, 0.05) is 17.6 Å². The Morgan fingerprint density at radius 2 is 1.77 bits per heavy atom. The third-order valence-electron chi connectivity index (χ3n) is 5.86. The van der Waals surface area contributed by atoms with Gasteiger partial charge in [-0.05, 0) is 43.4 Å². The molecule has 2 amide bonds. The molecule has 1 aliphatic rings. The van der Waals surface area contributed by atoms with E-state index in [-0.39, 0.29) is 24.3 Å². The van der Waals surface area contributed by atoms with Crippen LogP contribution in [-0.4, -0.2) is 28.8 Å². The molecule has 1 aliphatic carbocycles. The van der Waals surface area contributed by atoms with E-state index in [4.69, 9.17) is 11.6 Å². The molecule has 0 aliphatic heterocycles. The predicted octanol–water partition coefficient (Wildman–Crippen LogP) is 5.06. The third-order valence-corrected chi connectivity index (χ3v) is 6.23. The summed E-state index contributed by atoms with van der Waals surface area (Å²) in [6.45, 7) is 4.40. The Bertz CT molecular complexity index is 860. The fraction of sp³-hybridized carbons (Fsp3) is 0.440. The number of hydrogen-bond acceptors (Lipinski definition) is 2. The number of carbonyl (C=O) groups excluding carboxylic acids is 2. The van der Waals surface area contributed by atoms with Gasteiger partial charge in [-0.1, -0.05) is 79.4 Å². The van der Waals surface area contributed by atoms with Gasteiger partial charge in [-0.3, -0.25) is 9.59 Å². The summed E-state index contributed by atoms with van der Waals surface area (Å²) in [5, 5.41) is 3.75. The maximum atomic E-state index is 13.4. The Hall–Kier alpha value is -2.33. The molecular weight excluding hydrogens is 396 g/mol. The summed E-state index contributed by atoms with van der Waals surface area (Å²) in [6, 6.07) is 15.2. The standard InChI is InChI=1S/C25H31ClN2O2/c1-3-23(25(30)27-21-9-5-6-10-21)28(17-19-14-12-18(2)13-15-19)24(29)16-20-8-4-7-11-22(20)26/h4,7-8,11-15,21,23H,3,5-6,9-10,16-17H2,1-2H3,(H,27,30). The van der Waals surface area contributed by atoms with E-state index >= 15 is 0 Å². The molecule has 2 aromatic carbocycles. The van der Waals surface area contributed by atoms with Gasteiger partial charge in [-0.15, -0.1) is 0 Å². The van der Waals surface area contributed by atoms with E-state index < -0.39 is 6.04 Å². The Morgan fingerprint density at radius 1 is 1.10 bits per heavy atom. The zero-order valence-corrected chi connectivity index (χ0v) is 18.6. The molecule has 1 atom stereocenters. The average Bonchev–Trinajstić information content (AvgIpc) is 3.24. The molecular formula is C25H31ClN2O2. The zero-order valence-electron chi connectivity index (χ0n) is 17.9. The van der Waals surface area contributed by atoms with Crippen molar-refractivity contribution in [2.24, 2.45) is 0 Å². The van der Waals surface area contributed by atoms with E-state index in [9.17, 15) is 9.59 Å². The van der Waals surface area contributed by atoms with Gasteiger partial charge in [-0.25, -0.2) is 0 Å². The lowest BCUT2D eigenvalue weighted by atomic mass is 10.1. The number of amides is 2. The second-order valence-electron chi connectivity index (χ2n) is 8.19. The van der Waals surface area contributed by atoms with E-state index in [2.05, 4.69) is 5.32 Å².